The molecular formula is C20H25ClN2O4S. The van der Waals surface area contributed by atoms with Crippen LogP contribution in [0, 0.1) is 0 Å². The molecule has 2 N–H and O–H groups in total. The molecule has 8 heteroatoms. The van der Waals surface area contributed by atoms with E-state index in [1.165, 1.54) is 24.3 Å². The van der Waals surface area contributed by atoms with Gasteiger partial charge in [0.2, 0.25) is 0 Å². The van der Waals surface area contributed by atoms with E-state index in [4.69, 9.17) is 16.3 Å². The van der Waals surface area contributed by atoms with Crippen LogP contribution in [0.1, 0.15) is 36.5 Å². The van der Waals surface area contributed by atoms with E-state index in [2.05, 4.69) is 17.0 Å². The maximum atomic E-state index is 12.6. The van der Waals surface area contributed by atoms with Crippen molar-refractivity contribution in [2.45, 2.75) is 31.1 Å². The smallest absolute Gasteiger partial charge is 0.261 e. The van der Waals surface area contributed by atoms with Gasteiger partial charge in [0.15, 0.2) is 0 Å². The molecule has 2 rings (SSSR count). The number of hydrogen-bond acceptors (Lipinski definition) is 4. The lowest BCUT2D eigenvalue weighted by Crippen LogP contribution is -2.27. The zero-order valence-electron chi connectivity index (χ0n) is 15.8. The van der Waals surface area contributed by atoms with Gasteiger partial charge in [-0.3, -0.25) is 9.52 Å². The maximum absolute atomic E-state index is 12.6. The van der Waals surface area contributed by atoms with Crippen molar-refractivity contribution in [3.05, 3.63) is 59.1 Å². The molecule has 0 aliphatic rings. The molecule has 28 heavy (non-hydrogen) atoms. The average molecular weight is 425 g/mol. The second-order valence-electron chi connectivity index (χ2n) is 6.18. The van der Waals surface area contributed by atoms with Crippen molar-refractivity contribution in [3.8, 4) is 0 Å². The van der Waals surface area contributed by atoms with Crippen molar-refractivity contribution < 1.29 is 17.9 Å². The number of carbonyl (C=O) groups excluding carboxylic acids is 1. The van der Waals surface area contributed by atoms with Crippen molar-refractivity contribution in [1.82, 2.24) is 5.32 Å². The van der Waals surface area contributed by atoms with Crippen LogP contribution in [0.15, 0.2) is 53.4 Å². The van der Waals surface area contributed by atoms with Gasteiger partial charge in [-0.25, -0.2) is 8.42 Å². The van der Waals surface area contributed by atoms with Gasteiger partial charge < -0.3 is 10.1 Å². The number of ether oxygens (including phenoxy) is 1. The van der Waals surface area contributed by atoms with Crippen LogP contribution in [0.2, 0.25) is 5.02 Å². The molecular weight excluding hydrogens is 400 g/mol. The van der Waals surface area contributed by atoms with E-state index in [1.807, 2.05) is 0 Å². The quantitative estimate of drug-likeness (QED) is 0.532. The van der Waals surface area contributed by atoms with Crippen molar-refractivity contribution in [2.75, 3.05) is 24.5 Å². The molecule has 0 aliphatic carbocycles. The minimum absolute atomic E-state index is 0.0661. The number of carbonyl (C=O) groups is 1. The molecule has 2 aromatic rings. The number of halogens is 1. The molecule has 1 amide bonds. The highest BCUT2D eigenvalue weighted by Crippen LogP contribution is 2.21. The van der Waals surface area contributed by atoms with Crippen LogP contribution in [0.25, 0.3) is 0 Å². The zero-order chi connectivity index (χ0) is 20.4. The fourth-order valence-electron chi connectivity index (χ4n) is 2.41. The van der Waals surface area contributed by atoms with E-state index in [0.717, 1.165) is 19.4 Å². The Morgan fingerprint density at radius 2 is 1.71 bits per heavy atom. The largest absolute Gasteiger partial charge is 0.381 e. The predicted octanol–water partition coefficient (Wildman–Crippen LogP) is 4.08. The van der Waals surface area contributed by atoms with Gasteiger partial charge in [0.1, 0.15) is 0 Å². The lowest BCUT2D eigenvalue weighted by Gasteiger charge is -2.13. The molecule has 0 aromatic heterocycles. The molecule has 6 nitrogen and oxygen atoms in total. The van der Waals surface area contributed by atoms with E-state index in [0.29, 0.717) is 24.6 Å². The Balaban J connectivity index is 1.98. The third-order valence-electron chi connectivity index (χ3n) is 3.93. The SMILES string of the molecule is CCCCOCCCNC(=O)c1ccccc1NS(=O)(=O)c1ccc(Cl)cc1. The molecule has 0 spiro atoms. The number of benzene rings is 2. The predicted molar refractivity (Wildman–Crippen MR) is 111 cm³/mol. The first-order valence-corrected chi connectivity index (χ1v) is 11.0. The number of rotatable bonds is 11. The van der Waals surface area contributed by atoms with Gasteiger partial charge in [0.05, 0.1) is 16.1 Å². The van der Waals surface area contributed by atoms with Gasteiger partial charge in [-0.1, -0.05) is 37.1 Å². The number of amides is 1. The highest BCUT2D eigenvalue weighted by atomic mass is 35.5. The van der Waals surface area contributed by atoms with E-state index in [1.54, 1.807) is 24.3 Å². The van der Waals surface area contributed by atoms with Crippen molar-refractivity contribution in [2.24, 2.45) is 0 Å². The summed E-state index contributed by atoms with van der Waals surface area (Å²) in [5.41, 5.74) is 0.473. The Morgan fingerprint density at radius 3 is 2.43 bits per heavy atom. The van der Waals surface area contributed by atoms with Gasteiger partial charge in [-0.15, -0.1) is 0 Å². The average Bonchev–Trinajstić information content (AvgIpc) is 2.67. The molecule has 0 saturated heterocycles. The third-order valence-corrected chi connectivity index (χ3v) is 5.57. The molecule has 0 fully saturated rings. The fourth-order valence-corrected chi connectivity index (χ4v) is 3.61. The van der Waals surface area contributed by atoms with Crippen LogP contribution in [0.3, 0.4) is 0 Å². The Hall–Kier alpha value is -2.09. The second kappa shape index (κ2) is 11.0. The summed E-state index contributed by atoms with van der Waals surface area (Å²) in [6, 6.07) is 12.3. The fraction of sp³-hybridized carbons (Fsp3) is 0.350. The molecule has 0 atom stereocenters. The number of nitrogens with one attached hydrogen (secondary N) is 2. The first-order chi connectivity index (χ1) is 13.4. The summed E-state index contributed by atoms with van der Waals surface area (Å²) < 4.78 is 33.1. The second-order valence-corrected chi connectivity index (χ2v) is 8.30. The summed E-state index contributed by atoms with van der Waals surface area (Å²) in [7, 11) is -3.83. The highest BCUT2D eigenvalue weighted by molar-refractivity contribution is 7.92. The molecule has 0 aliphatic heterocycles. The molecule has 0 saturated carbocycles. The normalized spacial score (nSPS) is 11.2. The summed E-state index contributed by atoms with van der Waals surface area (Å²) >= 11 is 5.81. The number of anilines is 1. The van der Waals surface area contributed by atoms with Gasteiger partial charge in [-0.05, 0) is 49.2 Å². The van der Waals surface area contributed by atoms with Gasteiger partial charge in [0, 0.05) is 24.8 Å². The van der Waals surface area contributed by atoms with Crippen LogP contribution in [0.5, 0.6) is 0 Å². The third kappa shape index (κ3) is 6.82. The summed E-state index contributed by atoms with van der Waals surface area (Å²) in [5.74, 6) is -0.344. The number of hydrogen-bond donors (Lipinski definition) is 2. The van der Waals surface area contributed by atoms with Crippen molar-refractivity contribution in [3.63, 3.8) is 0 Å². The highest BCUT2D eigenvalue weighted by Gasteiger charge is 2.18. The van der Waals surface area contributed by atoms with Crippen LogP contribution >= 0.6 is 11.6 Å². The summed E-state index contributed by atoms with van der Waals surface area (Å²) in [4.78, 5) is 12.5. The minimum atomic E-state index is -3.83. The van der Waals surface area contributed by atoms with Crippen molar-refractivity contribution in [1.29, 1.82) is 0 Å². The molecule has 152 valence electrons. The first kappa shape index (κ1) is 22.2. The summed E-state index contributed by atoms with van der Waals surface area (Å²) in [5, 5.41) is 3.23. The lowest BCUT2D eigenvalue weighted by molar-refractivity contribution is 0.0941. The first-order valence-electron chi connectivity index (χ1n) is 9.17. The number of sulfonamides is 1. The zero-order valence-corrected chi connectivity index (χ0v) is 17.4. The van der Waals surface area contributed by atoms with Crippen LogP contribution < -0.4 is 10.0 Å². The molecule has 0 bridgehead atoms. The number of unbranched alkanes of at least 4 members (excludes halogenated alkanes) is 1. The van der Waals surface area contributed by atoms with Crippen LogP contribution in [-0.2, 0) is 14.8 Å². The standard InChI is InChI=1S/C20H25ClN2O4S/c1-2-3-14-27-15-6-13-22-20(24)18-7-4-5-8-19(18)23-28(25,26)17-11-9-16(21)10-12-17/h4-5,7-12,23H,2-3,6,13-15H2,1H3,(H,22,24). The molecule has 0 heterocycles. The molecule has 0 radical (unpaired) electrons. The van der Waals surface area contributed by atoms with Gasteiger partial charge in [-0.2, -0.15) is 0 Å². The van der Waals surface area contributed by atoms with Gasteiger partial charge in [0.25, 0.3) is 15.9 Å². The summed E-state index contributed by atoms with van der Waals surface area (Å²) in [6.07, 6.45) is 2.79. The Bertz CT molecular complexity index is 870. The maximum Gasteiger partial charge on any atom is 0.261 e. The molecule has 2 aromatic carbocycles. The Labute approximate surface area is 171 Å². The number of para-hydroxylation sites is 1. The van der Waals surface area contributed by atoms with Gasteiger partial charge >= 0.3 is 0 Å². The van der Waals surface area contributed by atoms with Crippen molar-refractivity contribution >= 4 is 33.2 Å². The Kier molecular flexibility index (Phi) is 8.76. The Morgan fingerprint density at radius 1 is 1.04 bits per heavy atom. The molecule has 0 unspecified atom stereocenters. The monoisotopic (exact) mass is 424 g/mol. The van der Waals surface area contributed by atoms with Crippen LogP contribution in [0.4, 0.5) is 5.69 Å². The summed E-state index contributed by atoms with van der Waals surface area (Å²) in [6.45, 7) is 3.84. The topological polar surface area (TPSA) is 84.5 Å². The van der Waals surface area contributed by atoms with E-state index >= 15 is 0 Å². The van der Waals surface area contributed by atoms with E-state index < -0.39 is 10.0 Å². The lowest BCUT2D eigenvalue weighted by atomic mass is 10.1. The minimum Gasteiger partial charge on any atom is -0.381 e. The van der Waals surface area contributed by atoms with E-state index in [9.17, 15) is 13.2 Å². The van der Waals surface area contributed by atoms with Crippen LogP contribution in [-0.4, -0.2) is 34.1 Å². The van der Waals surface area contributed by atoms with E-state index in [-0.39, 0.29) is 22.1 Å².